The summed E-state index contributed by atoms with van der Waals surface area (Å²) in [4.78, 5) is 19.6. The molecule has 0 bridgehead atoms. The van der Waals surface area contributed by atoms with Gasteiger partial charge in [0, 0.05) is 5.56 Å². The standard InChI is InChI=1S/C14H17N5O2/c1-8(2)21-12-6-4-3-5-9(12)10-7-11(13(20)19-16)18-14(15)17-10/h3-8H,16H2,1-2H3,(H,19,20)(H2,15,17,18). The molecule has 0 aliphatic heterocycles. The fraction of sp³-hybridized carbons (Fsp3) is 0.214. The van der Waals surface area contributed by atoms with Crippen LogP contribution in [0.1, 0.15) is 24.3 Å². The minimum atomic E-state index is -0.535. The summed E-state index contributed by atoms with van der Waals surface area (Å²) in [6.07, 6.45) is 0.0112. The maximum absolute atomic E-state index is 11.6. The molecule has 0 unspecified atom stereocenters. The second-order valence-electron chi connectivity index (χ2n) is 4.63. The van der Waals surface area contributed by atoms with E-state index in [-0.39, 0.29) is 17.7 Å². The zero-order valence-electron chi connectivity index (χ0n) is 11.8. The van der Waals surface area contributed by atoms with Crippen LogP contribution in [0.4, 0.5) is 5.95 Å². The van der Waals surface area contributed by atoms with Crippen molar-refractivity contribution in [1.82, 2.24) is 15.4 Å². The van der Waals surface area contributed by atoms with E-state index in [9.17, 15) is 4.79 Å². The first kappa shape index (κ1) is 14.7. The molecule has 1 heterocycles. The molecule has 7 heteroatoms. The lowest BCUT2D eigenvalue weighted by molar-refractivity contribution is 0.0948. The van der Waals surface area contributed by atoms with Gasteiger partial charge < -0.3 is 10.5 Å². The molecule has 0 aliphatic rings. The first-order chi connectivity index (χ1) is 10.0. The number of nitrogens with one attached hydrogen (secondary N) is 1. The fourth-order valence-corrected chi connectivity index (χ4v) is 1.83. The Morgan fingerprint density at radius 2 is 2.00 bits per heavy atom. The van der Waals surface area contributed by atoms with Gasteiger partial charge in [0.05, 0.1) is 11.8 Å². The average Bonchev–Trinajstić information content (AvgIpc) is 2.45. The number of carbonyl (C=O) groups excluding carboxylic acids is 1. The monoisotopic (exact) mass is 287 g/mol. The largest absolute Gasteiger partial charge is 0.490 e. The van der Waals surface area contributed by atoms with Gasteiger partial charge in [0.25, 0.3) is 5.91 Å². The van der Waals surface area contributed by atoms with E-state index < -0.39 is 5.91 Å². The molecule has 1 aromatic carbocycles. The molecular formula is C14H17N5O2. The predicted octanol–water partition coefficient (Wildman–Crippen LogP) is 1.12. The Hall–Kier alpha value is -2.67. The van der Waals surface area contributed by atoms with Crippen LogP contribution >= 0.6 is 0 Å². The third-order valence-electron chi connectivity index (χ3n) is 2.63. The van der Waals surface area contributed by atoms with Gasteiger partial charge >= 0.3 is 0 Å². The summed E-state index contributed by atoms with van der Waals surface area (Å²) in [7, 11) is 0. The van der Waals surface area contributed by atoms with Gasteiger partial charge in [-0.1, -0.05) is 12.1 Å². The van der Waals surface area contributed by atoms with Crippen LogP contribution in [0.2, 0.25) is 0 Å². The van der Waals surface area contributed by atoms with Gasteiger partial charge in [-0.25, -0.2) is 15.8 Å². The van der Waals surface area contributed by atoms with Crippen LogP contribution in [-0.4, -0.2) is 22.0 Å². The highest BCUT2D eigenvalue weighted by molar-refractivity contribution is 5.93. The maximum Gasteiger partial charge on any atom is 0.283 e. The number of benzene rings is 1. The number of hydrogen-bond acceptors (Lipinski definition) is 6. The lowest BCUT2D eigenvalue weighted by Crippen LogP contribution is -2.31. The van der Waals surface area contributed by atoms with Crippen molar-refractivity contribution in [1.29, 1.82) is 0 Å². The third-order valence-corrected chi connectivity index (χ3v) is 2.63. The number of hydrazine groups is 1. The van der Waals surface area contributed by atoms with Crippen molar-refractivity contribution in [2.24, 2.45) is 5.84 Å². The molecule has 0 aliphatic carbocycles. The summed E-state index contributed by atoms with van der Waals surface area (Å²) in [5.74, 6) is 5.23. The minimum Gasteiger partial charge on any atom is -0.490 e. The van der Waals surface area contributed by atoms with Crippen molar-refractivity contribution in [3.05, 3.63) is 36.0 Å². The zero-order chi connectivity index (χ0) is 15.4. The molecule has 0 spiro atoms. The number of anilines is 1. The topological polar surface area (TPSA) is 116 Å². The van der Waals surface area contributed by atoms with Gasteiger partial charge in [-0.2, -0.15) is 0 Å². The van der Waals surface area contributed by atoms with E-state index >= 15 is 0 Å². The van der Waals surface area contributed by atoms with Gasteiger partial charge in [-0.3, -0.25) is 10.2 Å². The Morgan fingerprint density at radius 3 is 2.67 bits per heavy atom. The number of nitrogens with two attached hydrogens (primary N) is 2. The van der Waals surface area contributed by atoms with E-state index in [4.69, 9.17) is 16.3 Å². The van der Waals surface area contributed by atoms with Crippen molar-refractivity contribution < 1.29 is 9.53 Å². The number of hydrogen-bond donors (Lipinski definition) is 3. The number of para-hydroxylation sites is 1. The lowest BCUT2D eigenvalue weighted by Gasteiger charge is -2.14. The van der Waals surface area contributed by atoms with E-state index in [0.717, 1.165) is 5.56 Å². The number of ether oxygens (including phenoxy) is 1. The molecule has 2 aromatic rings. The van der Waals surface area contributed by atoms with Crippen molar-refractivity contribution in [2.45, 2.75) is 20.0 Å². The van der Waals surface area contributed by atoms with Crippen LogP contribution in [0, 0.1) is 0 Å². The summed E-state index contributed by atoms with van der Waals surface area (Å²) in [6, 6.07) is 8.89. The number of amides is 1. The average molecular weight is 287 g/mol. The molecule has 7 nitrogen and oxygen atoms in total. The molecule has 2 rings (SSSR count). The summed E-state index contributed by atoms with van der Waals surface area (Å²) in [5.41, 5.74) is 9.00. The molecular weight excluding hydrogens is 270 g/mol. The highest BCUT2D eigenvalue weighted by atomic mass is 16.5. The Balaban J connectivity index is 2.51. The quantitative estimate of drug-likeness (QED) is 0.441. The van der Waals surface area contributed by atoms with Gasteiger partial charge in [0.15, 0.2) is 0 Å². The highest BCUT2D eigenvalue weighted by Gasteiger charge is 2.14. The third kappa shape index (κ3) is 3.46. The van der Waals surface area contributed by atoms with Gasteiger partial charge in [-0.15, -0.1) is 0 Å². The second kappa shape index (κ2) is 6.19. The van der Waals surface area contributed by atoms with E-state index in [1.807, 2.05) is 43.5 Å². The van der Waals surface area contributed by atoms with E-state index in [0.29, 0.717) is 11.4 Å². The van der Waals surface area contributed by atoms with Crippen LogP contribution in [0.25, 0.3) is 11.3 Å². The van der Waals surface area contributed by atoms with Crippen molar-refractivity contribution >= 4 is 11.9 Å². The number of nitrogens with zero attached hydrogens (tertiary/aromatic N) is 2. The molecule has 0 saturated carbocycles. The van der Waals surface area contributed by atoms with Gasteiger partial charge in [-0.05, 0) is 32.0 Å². The fourth-order valence-electron chi connectivity index (χ4n) is 1.83. The van der Waals surface area contributed by atoms with Crippen LogP contribution in [0.15, 0.2) is 30.3 Å². The Labute approximate surface area is 122 Å². The minimum absolute atomic E-state index is 0.00884. The molecule has 1 aromatic heterocycles. The van der Waals surface area contributed by atoms with E-state index in [2.05, 4.69) is 9.97 Å². The highest BCUT2D eigenvalue weighted by Crippen LogP contribution is 2.29. The Kier molecular flexibility index (Phi) is 4.34. The molecule has 0 radical (unpaired) electrons. The molecule has 110 valence electrons. The number of nitrogen functional groups attached to an aromatic ring is 2. The summed E-state index contributed by atoms with van der Waals surface area (Å²) >= 11 is 0. The van der Waals surface area contributed by atoms with Crippen LogP contribution < -0.4 is 21.7 Å². The lowest BCUT2D eigenvalue weighted by atomic mass is 10.1. The van der Waals surface area contributed by atoms with E-state index in [1.54, 1.807) is 0 Å². The summed E-state index contributed by atoms with van der Waals surface area (Å²) in [5, 5.41) is 0. The van der Waals surface area contributed by atoms with Crippen molar-refractivity contribution in [3.8, 4) is 17.0 Å². The first-order valence-electron chi connectivity index (χ1n) is 6.43. The van der Waals surface area contributed by atoms with E-state index in [1.165, 1.54) is 6.07 Å². The Morgan fingerprint density at radius 1 is 1.29 bits per heavy atom. The zero-order valence-corrected chi connectivity index (χ0v) is 11.8. The smallest absolute Gasteiger partial charge is 0.283 e. The number of rotatable bonds is 4. The van der Waals surface area contributed by atoms with Crippen molar-refractivity contribution in [2.75, 3.05) is 5.73 Å². The van der Waals surface area contributed by atoms with Crippen LogP contribution in [-0.2, 0) is 0 Å². The Bertz CT molecular complexity index is 658. The van der Waals surface area contributed by atoms with Gasteiger partial charge in [0.1, 0.15) is 11.4 Å². The molecule has 1 amide bonds. The molecule has 0 atom stereocenters. The molecule has 5 N–H and O–H groups in total. The molecule has 21 heavy (non-hydrogen) atoms. The normalized spacial score (nSPS) is 10.5. The first-order valence-corrected chi connectivity index (χ1v) is 6.43. The van der Waals surface area contributed by atoms with Gasteiger partial charge in [0.2, 0.25) is 5.95 Å². The number of carbonyl (C=O) groups is 1. The van der Waals surface area contributed by atoms with Crippen LogP contribution in [0.3, 0.4) is 0 Å². The maximum atomic E-state index is 11.6. The predicted molar refractivity (Wildman–Crippen MR) is 79.3 cm³/mol. The van der Waals surface area contributed by atoms with Crippen molar-refractivity contribution in [3.63, 3.8) is 0 Å². The number of aromatic nitrogens is 2. The summed E-state index contributed by atoms with van der Waals surface area (Å²) < 4.78 is 5.74. The molecule has 0 fully saturated rings. The summed E-state index contributed by atoms with van der Waals surface area (Å²) in [6.45, 7) is 3.86. The second-order valence-corrected chi connectivity index (χ2v) is 4.63. The van der Waals surface area contributed by atoms with Crippen LogP contribution in [0.5, 0.6) is 5.75 Å². The SMILES string of the molecule is CC(C)Oc1ccccc1-c1cc(C(=O)NN)nc(N)n1. The molecule has 0 saturated heterocycles.